The molecule has 0 amide bonds. The van der Waals surface area contributed by atoms with E-state index < -0.39 is 97.5 Å². The van der Waals surface area contributed by atoms with Crippen LogP contribution in [-0.4, -0.2) is 96.7 Å². The number of unbranched alkanes of at least 4 members (excludes halogenated alkanes) is 29. The van der Waals surface area contributed by atoms with Crippen LogP contribution >= 0.6 is 15.6 Å². The molecule has 79 heavy (non-hydrogen) atoms. The summed E-state index contributed by atoms with van der Waals surface area (Å²) in [7, 11) is -9.87. The first-order valence-corrected chi connectivity index (χ1v) is 34.5. The van der Waals surface area contributed by atoms with Crippen molar-refractivity contribution in [3.63, 3.8) is 0 Å². The van der Waals surface area contributed by atoms with Crippen LogP contribution in [0, 0.1) is 11.8 Å². The molecule has 0 aliphatic rings. The maximum atomic E-state index is 12.9. The molecule has 3 N–H and O–H groups in total. The van der Waals surface area contributed by atoms with Crippen molar-refractivity contribution in [2.75, 3.05) is 39.6 Å². The van der Waals surface area contributed by atoms with Crippen LogP contribution in [0.5, 0.6) is 0 Å². The molecule has 468 valence electrons. The molecular weight excluding hydrogens is 1050 g/mol. The van der Waals surface area contributed by atoms with Gasteiger partial charge >= 0.3 is 39.5 Å². The first-order chi connectivity index (χ1) is 37.9. The van der Waals surface area contributed by atoms with Crippen LogP contribution < -0.4 is 0 Å². The van der Waals surface area contributed by atoms with Crippen LogP contribution in [0.1, 0.15) is 292 Å². The van der Waals surface area contributed by atoms with Crippen LogP contribution in [-0.2, 0) is 65.4 Å². The number of aliphatic hydroxyl groups is 1. The van der Waals surface area contributed by atoms with Gasteiger partial charge in [0.2, 0.25) is 0 Å². The molecule has 0 aromatic rings. The van der Waals surface area contributed by atoms with Gasteiger partial charge in [-0.25, -0.2) is 9.13 Å². The molecule has 0 rings (SSSR count). The van der Waals surface area contributed by atoms with Crippen molar-refractivity contribution in [3.05, 3.63) is 0 Å². The Morgan fingerprint density at radius 3 is 0.861 bits per heavy atom. The van der Waals surface area contributed by atoms with Crippen LogP contribution in [0.25, 0.3) is 0 Å². The third-order valence-electron chi connectivity index (χ3n) is 13.7. The zero-order valence-corrected chi connectivity index (χ0v) is 52.4. The second-order valence-corrected chi connectivity index (χ2v) is 25.6. The summed E-state index contributed by atoms with van der Waals surface area (Å²) in [6.45, 7) is 9.32. The van der Waals surface area contributed by atoms with E-state index in [-0.39, 0.29) is 25.7 Å². The van der Waals surface area contributed by atoms with Crippen molar-refractivity contribution in [1.29, 1.82) is 0 Å². The first-order valence-electron chi connectivity index (χ1n) is 31.5. The van der Waals surface area contributed by atoms with Gasteiger partial charge in [0.15, 0.2) is 12.2 Å². The molecule has 0 aliphatic heterocycles. The van der Waals surface area contributed by atoms with Gasteiger partial charge in [-0.15, -0.1) is 0 Å². The molecule has 19 heteroatoms. The lowest BCUT2D eigenvalue weighted by Gasteiger charge is -2.21. The van der Waals surface area contributed by atoms with Crippen molar-refractivity contribution < 1.29 is 80.2 Å². The molecule has 0 fully saturated rings. The fourth-order valence-corrected chi connectivity index (χ4v) is 10.4. The van der Waals surface area contributed by atoms with Crippen LogP contribution in [0.15, 0.2) is 0 Å². The van der Waals surface area contributed by atoms with Crippen molar-refractivity contribution in [1.82, 2.24) is 0 Å². The van der Waals surface area contributed by atoms with Crippen molar-refractivity contribution in [2.24, 2.45) is 11.8 Å². The second kappa shape index (κ2) is 52.8. The first kappa shape index (κ1) is 77.1. The van der Waals surface area contributed by atoms with E-state index in [9.17, 15) is 43.2 Å². The van der Waals surface area contributed by atoms with Gasteiger partial charge in [0.05, 0.1) is 26.4 Å². The van der Waals surface area contributed by atoms with E-state index >= 15 is 0 Å². The number of phosphoric ester groups is 2. The maximum absolute atomic E-state index is 12.9. The van der Waals surface area contributed by atoms with Crippen LogP contribution in [0.4, 0.5) is 0 Å². The summed E-state index contributed by atoms with van der Waals surface area (Å²) in [6, 6.07) is 0. The van der Waals surface area contributed by atoms with Gasteiger partial charge in [0, 0.05) is 25.7 Å². The minimum atomic E-state index is -4.94. The molecule has 0 spiro atoms. The van der Waals surface area contributed by atoms with E-state index in [0.717, 1.165) is 108 Å². The van der Waals surface area contributed by atoms with Gasteiger partial charge in [-0.05, 0) is 37.5 Å². The molecule has 0 aromatic carbocycles. The highest BCUT2D eigenvalue weighted by Crippen LogP contribution is 2.45. The van der Waals surface area contributed by atoms with E-state index in [1.807, 2.05) is 0 Å². The number of carbonyl (C=O) groups excluding carboxylic acids is 4. The third-order valence-corrected chi connectivity index (χ3v) is 15.6. The van der Waals surface area contributed by atoms with Crippen molar-refractivity contribution >= 4 is 39.5 Å². The Morgan fingerprint density at radius 2 is 0.582 bits per heavy atom. The van der Waals surface area contributed by atoms with Crippen molar-refractivity contribution in [3.8, 4) is 0 Å². The van der Waals surface area contributed by atoms with E-state index in [4.69, 9.17) is 37.0 Å². The number of hydrogen-bond acceptors (Lipinski definition) is 15. The van der Waals surface area contributed by atoms with Crippen LogP contribution in [0.3, 0.4) is 0 Å². The minimum absolute atomic E-state index is 0.105. The molecule has 0 radical (unpaired) electrons. The zero-order chi connectivity index (χ0) is 58.7. The Kier molecular flexibility index (Phi) is 51.5. The number of ether oxygens (including phenoxy) is 4. The highest BCUT2D eigenvalue weighted by Gasteiger charge is 2.30. The smallest absolute Gasteiger partial charge is 0.462 e. The molecule has 0 aliphatic carbocycles. The Morgan fingerprint density at radius 1 is 0.342 bits per heavy atom. The highest BCUT2D eigenvalue weighted by molar-refractivity contribution is 7.47. The highest BCUT2D eigenvalue weighted by atomic mass is 31.2. The molecule has 2 unspecified atom stereocenters. The Bertz CT molecular complexity index is 1560. The summed E-state index contributed by atoms with van der Waals surface area (Å²) >= 11 is 0. The molecule has 0 bridgehead atoms. The molecule has 0 aromatic heterocycles. The largest absolute Gasteiger partial charge is 0.472 e. The maximum Gasteiger partial charge on any atom is 0.472 e. The lowest BCUT2D eigenvalue weighted by atomic mass is 10.0. The predicted molar refractivity (Wildman–Crippen MR) is 312 cm³/mol. The van der Waals surface area contributed by atoms with Gasteiger partial charge in [-0.1, -0.05) is 241 Å². The third kappa shape index (κ3) is 55.0. The average molecular weight is 1170 g/mol. The molecule has 17 nitrogen and oxygen atoms in total. The Balaban J connectivity index is 5.19. The lowest BCUT2D eigenvalue weighted by molar-refractivity contribution is -0.161. The molecule has 0 saturated heterocycles. The number of esters is 4. The summed E-state index contributed by atoms with van der Waals surface area (Å²) in [4.78, 5) is 71.8. The van der Waals surface area contributed by atoms with Gasteiger partial charge in [-0.2, -0.15) is 0 Å². The van der Waals surface area contributed by atoms with Gasteiger partial charge in [0.1, 0.15) is 19.3 Å². The lowest BCUT2D eigenvalue weighted by Crippen LogP contribution is -2.30. The number of rotatable bonds is 59. The normalized spacial score (nSPS) is 14.4. The minimum Gasteiger partial charge on any atom is -0.462 e. The fourth-order valence-electron chi connectivity index (χ4n) is 8.82. The summed E-state index contributed by atoms with van der Waals surface area (Å²) < 4.78 is 67.6. The number of carbonyl (C=O) groups is 4. The van der Waals surface area contributed by atoms with Gasteiger partial charge < -0.3 is 33.8 Å². The molecule has 0 heterocycles. The zero-order valence-electron chi connectivity index (χ0n) is 50.7. The van der Waals surface area contributed by atoms with Crippen molar-refractivity contribution in [2.45, 2.75) is 310 Å². The van der Waals surface area contributed by atoms with E-state index in [0.29, 0.717) is 25.7 Å². The second-order valence-electron chi connectivity index (χ2n) is 22.7. The van der Waals surface area contributed by atoms with E-state index in [1.165, 1.54) is 103 Å². The quantitative estimate of drug-likeness (QED) is 0.0222. The average Bonchev–Trinajstić information content (AvgIpc) is 3.40. The van der Waals surface area contributed by atoms with Gasteiger partial charge in [-0.3, -0.25) is 37.3 Å². The summed E-state index contributed by atoms with van der Waals surface area (Å²) in [5, 5.41) is 10.5. The number of phosphoric acid groups is 2. The monoisotopic (exact) mass is 1170 g/mol. The summed E-state index contributed by atoms with van der Waals surface area (Å²) in [5.74, 6) is -0.671. The van der Waals surface area contributed by atoms with Crippen LogP contribution in [0.2, 0.25) is 0 Å². The molecular formula is C60H116O17P2. The number of hydrogen-bond donors (Lipinski definition) is 3. The van der Waals surface area contributed by atoms with Gasteiger partial charge in [0.25, 0.3) is 0 Å². The predicted octanol–water partition coefficient (Wildman–Crippen LogP) is 16.1. The molecule has 5 atom stereocenters. The summed E-state index contributed by atoms with van der Waals surface area (Å²) in [5.41, 5.74) is 0. The van der Waals surface area contributed by atoms with E-state index in [2.05, 4.69) is 41.5 Å². The molecule has 0 saturated carbocycles. The Hall–Kier alpha value is -1.94. The summed E-state index contributed by atoms with van der Waals surface area (Å²) in [6.07, 6.45) is 33.8. The number of aliphatic hydroxyl groups excluding tert-OH is 1. The standard InChI is InChI=1S/C60H116O17P2/c1-7-9-11-13-14-15-20-26-32-38-44-59(64)76-55(48-70-57(62)42-36-28-12-10-8-2)50-74-78(66,67)72-46-54(61)47-73-79(68,69)75-51-56(77-60(65)45-39-33-27-22-17-19-24-30-35-41-53(5)6)49-71-58(63)43-37-31-25-21-16-18-23-29-34-40-52(3)4/h52-56,61H,7-51H2,1-6H3,(H,66,67)(H,68,69)/t54-,55+,56+/m0/s1. The fraction of sp³-hybridized carbons (Fsp3) is 0.933. The SMILES string of the molecule is CCCCCCCCCCCCC(=O)O[C@H](COC(=O)CCCCCCC)COP(=O)(O)OC[C@H](O)COP(=O)(O)OC[C@@H](COC(=O)CCCCCCCCCCCC(C)C)OC(=O)CCCCCCCCCCCC(C)C. The topological polar surface area (TPSA) is 237 Å². The van der Waals surface area contributed by atoms with E-state index in [1.54, 1.807) is 0 Å². The Labute approximate surface area is 479 Å².